The third kappa shape index (κ3) is 8.23. The molecule has 0 rings (SSSR count). The monoisotopic (exact) mass is 353 g/mol. The van der Waals surface area contributed by atoms with Gasteiger partial charge in [-0.05, 0) is 0 Å². The van der Waals surface area contributed by atoms with Crippen molar-refractivity contribution in [1.82, 2.24) is 0 Å². The third-order valence-corrected chi connectivity index (χ3v) is 2.87. The van der Waals surface area contributed by atoms with Crippen LogP contribution in [0.25, 0.3) is 0 Å². The molecule has 9 nitrogen and oxygen atoms in total. The Bertz CT molecular complexity index is 464. The summed E-state index contributed by atoms with van der Waals surface area (Å²) in [6.07, 6.45) is -4.58. The molecule has 0 aromatic rings. The molecule has 0 aliphatic heterocycles. The highest BCUT2D eigenvalue weighted by atomic mass is 16.6. The van der Waals surface area contributed by atoms with Gasteiger partial charge in [-0.25, -0.2) is 0 Å². The molecule has 0 saturated carbocycles. The number of ether oxygens (including phenoxy) is 6. The molecule has 9 heteroatoms. The van der Waals surface area contributed by atoms with Crippen LogP contribution in [-0.2, 0) is 42.8 Å². The molecule has 0 N–H and O–H groups in total. The zero-order valence-electron chi connectivity index (χ0n) is 17.0. The zero-order valence-corrected chi connectivity index (χ0v) is 14.0. The minimum Gasteiger partial charge on any atom is -0.463 e. The van der Waals surface area contributed by atoms with Crippen molar-refractivity contribution in [2.24, 2.45) is 0 Å². The van der Waals surface area contributed by atoms with Gasteiger partial charge in [-0.3, -0.25) is 14.4 Å². The summed E-state index contributed by atoms with van der Waals surface area (Å²) in [5.41, 5.74) is 0. The van der Waals surface area contributed by atoms with Crippen LogP contribution in [0, 0.1) is 0 Å². The van der Waals surface area contributed by atoms with Crippen LogP contribution in [0.1, 0.15) is 24.9 Å². The van der Waals surface area contributed by atoms with Gasteiger partial charge in [0.15, 0.2) is 6.10 Å². The summed E-state index contributed by atoms with van der Waals surface area (Å²) in [5, 5.41) is 0. The predicted octanol–water partition coefficient (Wildman–Crippen LogP) is 0.0893. The second-order valence-corrected chi connectivity index (χ2v) is 4.72. The van der Waals surface area contributed by atoms with E-state index >= 15 is 0 Å². The predicted molar refractivity (Wildman–Crippen MR) is 81.2 cm³/mol. The number of hydrogen-bond donors (Lipinski definition) is 0. The molecule has 0 spiro atoms. The summed E-state index contributed by atoms with van der Waals surface area (Å²) in [7, 11) is -1.64. The largest absolute Gasteiger partial charge is 0.463 e. The van der Waals surface area contributed by atoms with Crippen LogP contribution in [0.5, 0.6) is 0 Å². The number of esters is 3. The molecule has 0 aromatic heterocycles. The highest BCUT2D eigenvalue weighted by molar-refractivity contribution is 5.67. The third-order valence-electron chi connectivity index (χ3n) is 2.87. The second-order valence-electron chi connectivity index (χ2n) is 4.72. The van der Waals surface area contributed by atoms with Crippen LogP contribution in [0.15, 0.2) is 0 Å². The van der Waals surface area contributed by atoms with Gasteiger partial charge in [0.1, 0.15) is 31.5 Å². The number of hydrogen-bond acceptors (Lipinski definition) is 9. The molecule has 0 amide bonds. The number of rotatable bonds is 11. The van der Waals surface area contributed by atoms with Crippen molar-refractivity contribution in [3.8, 4) is 0 Å². The number of carbonyl (C=O) groups excluding carboxylic acids is 3. The lowest BCUT2D eigenvalue weighted by Gasteiger charge is -2.34. The molecule has 24 heavy (non-hydrogen) atoms. The van der Waals surface area contributed by atoms with Gasteiger partial charge in [0.2, 0.25) is 0 Å². The van der Waals surface area contributed by atoms with E-state index in [0.29, 0.717) is 0 Å². The summed E-state index contributed by atoms with van der Waals surface area (Å²) in [5.74, 6) is -1.94. The van der Waals surface area contributed by atoms with Crippen molar-refractivity contribution in [2.75, 3.05) is 34.5 Å². The summed E-state index contributed by atoms with van der Waals surface area (Å²) < 4.78 is 52.6. The van der Waals surface area contributed by atoms with Crippen molar-refractivity contribution in [3.05, 3.63) is 0 Å². The minimum atomic E-state index is -1.19. The van der Waals surface area contributed by atoms with E-state index in [-0.39, 0.29) is 6.61 Å². The fraction of sp³-hybridized carbons (Fsp3) is 0.800. The molecule has 0 aliphatic carbocycles. The lowest BCUT2D eigenvalue weighted by molar-refractivity contribution is -0.188. The van der Waals surface area contributed by atoms with Gasteiger partial charge < -0.3 is 28.4 Å². The van der Waals surface area contributed by atoms with Gasteiger partial charge in [-0.1, -0.05) is 0 Å². The van der Waals surface area contributed by atoms with Crippen LogP contribution in [0.2, 0.25) is 0 Å². The molecule has 0 bridgehead atoms. The van der Waals surface area contributed by atoms with Crippen molar-refractivity contribution < 1.29 is 46.9 Å². The Kier molecular flexibility index (Phi) is 8.40. The van der Waals surface area contributed by atoms with Gasteiger partial charge >= 0.3 is 17.9 Å². The highest BCUT2D eigenvalue weighted by Gasteiger charge is 2.38. The van der Waals surface area contributed by atoms with E-state index in [0.717, 1.165) is 13.8 Å². The quantitative estimate of drug-likeness (QED) is 0.377. The normalized spacial score (nSPS) is 17.4. The van der Waals surface area contributed by atoms with Crippen molar-refractivity contribution in [3.63, 3.8) is 0 Å². The highest BCUT2D eigenvalue weighted by Crippen LogP contribution is 2.18. The lowest BCUT2D eigenvalue weighted by Crippen LogP contribution is -2.52. The van der Waals surface area contributed by atoms with Gasteiger partial charge in [-0.15, -0.1) is 0 Å². The van der Waals surface area contributed by atoms with E-state index in [9.17, 15) is 14.4 Å². The smallest absolute Gasteiger partial charge is 0.303 e. The average molecular weight is 353 g/mol. The van der Waals surface area contributed by atoms with E-state index in [1.807, 2.05) is 0 Å². The average Bonchev–Trinajstić information content (AvgIpc) is 2.58. The van der Waals surface area contributed by atoms with E-state index < -0.39 is 70.2 Å². The Morgan fingerprint density at radius 2 is 1.21 bits per heavy atom. The fourth-order valence-corrected chi connectivity index (χ4v) is 1.87. The maximum Gasteiger partial charge on any atom is 0.303 e. The molecule has 0 fully saturated rings. The number of carbonyl (C=O) groups is 3. The Labute approximate surface area is 145 Å². The Morgan fingerprint density at radius 1 is 0.750 bits per heavy atom. The molecular weight excluding hydrogens is 324 g/mol. The standard InChI is InChI=1S/C15H26O9/c1-9(16)22-7-12(19-4)14(20-5)15(21-6)13(24-11(3)18)8-23-10(2)17/h12-15H,7-8H2,1-6H3/t12-,13+,14+,15+/m0/s1/i4D,5D,6D. The molecule has 0 unspecified atom stereocenters. The maximum absolute atomic E-state index is 11.4. The minimum absolute atomic E-state index is 0.322. The van der Waals surface area contributed by atoms with Crippen molar-refractivity contribution in [2.45, 2.75) is 45.2 Å². The first-order valence-corrected chi connectivity index (χ1v) is 6.93. The molecule has 4 atom stereocenters. The first kappa shape index (κ1) is 17.1. The Morgan fingerprint density at radius 3 is 1.62 bits per heavy atom. The summed E-state index contributed by atoms with van der Waals surface area (Å²) >= 11 is 0. The number of methoxy groups -OCH3 is 3. The second kappa shape index (κ2) is 11.8. The molecular formula is C15H26O9. The summed E-state index contributed by atoms with van der Waals surface area (Å²) in [4.78, 5) is 33.6. The first-order chi connectivity index (χ1) is 12.8. The summed E-state index contributed by atoms with van der Waals surface area (Å²) in [6, 6.07) is 0. The lowest BCUT2D eigenvalue weighted by atomic mass is 10.0. The SMILES string of the molecule is [2H]CO[C@@H]([C@H](OC[2H])[C@@H](COC(C)=O)OC(C)=O)[C@H](COC(C)=O)OC[2H]. The molecule has 0 radical (unpaired) electrons. The van der Waals surface area contributed by atoms with E-state index in [4.69, 9.17) is 32.5 Å². The van der Waals surface area contributed by atoms with Gasteiger partial charge in [0, 0.05) is 42.0 Å². The Hall–Kier alpha value is -1.71. The summed E-state index contributed by atoms with van der Waals surface area (Å²) in [6.45, 7) is 2.76. The van der Waals surface area contributed by atoms with Gasteiger partial charge in [0.25, 0.3) is 0 Å². The van der Waals surface area contributed by atoms with Crippen LogP contribution in [0.3, 0.4) is 0 Å². The van der Waals surface area contributed by atoms with Gasteiger partial charge in [0.05, 0.1) is 4.11 Å². The van der Waals surface area contributed by atoms with E-state index in [1.165, 1.54) is 6.92 Å². The topological polar surface area (TPSA) is 107 Å². The van der Waals surface area contributed by atoms with Crippen molar-refractivity contribution in [1.29, 1.82) is 0 Å². The van der Waals surface area contributed by atoms with E-state index in [1.54, 1.807) is 0 Å². The van der Waals surface area contributed by atoms with E-state index in [2.05, 4.69) is 0 Å². The van der Waals surface area contributed by atoms with Gasteiger partial charge in [-0.2, -0.15) is 0 Å². The molecule has 0 saturated heterocycles. The fourth-order valence-electron chi connectivity index (χ4n) is 1.87. The zero-order chi connectivity index (χ0) is 20.8. The maximum atomic E-state index is 11.4. The van der Waals surface area contributed by atoms with Crippen LogP contribution in [-0.4, -0.2) is 76.8 Å². The van der Waals surface area contributed by atoms with Crippen LogP contribution in [0.4, 0.5) is 0 Å². The molecule has 0 aliphatic rings. The Balaban J connectivity index is 5.65. The van der Waals surface area contributed by atoms with Crippen LogP contribution < -0.4 is 0 Å². The molecule has 140 valence electrons. The molecule has 0 heterocycles. The van der Waals surface area contributed by atoms with Crippen molar-refractivity contribution >= 4 is 17.9 Å². The van der Waals surface area contributed by atoms with Crippen LogP contribution >= 0.6 is 0 Å². The molecule has 0 aromatic carbocycles. The first-order valence-electron chi connectivity index (χ1n) is 9.05.